The van der Waals surface area contributed by atoms with Crippen molar-refractivity contribution < 1.29 is 17.6 Å². The second kappa shape index (κ2) is 6.42. The van der Waals surface area contributed by atoms with Gasteiger partial charge in [-0.25, -0.2) is 13.6 Å². The van der Waals surface area contributed by atoms with Crippen LogP contribution in [0.5, 0.6) is 0 Å². The second-order valence-electron chi connectivity index (χ2n) is 4.30. The average molecular weight is 373 g/mol. The summed E-state index contributed by atoms with van der Waals surface area (Å²) >= 11 is 3.34. The molecule has 1 aromatic heterocycles. The summed E-state index contributed by atoms with van der Waals surface area (Å²) in [7, 11) is -3.93. The fourth-order valence-electron chi connectivity index (χ4n) is 1.65. The van der Waals surface area contributed by atoms with Crippen LogP contribution >= 0.6 is 15.9 Å². The average Bonchev–Trinajstić information content (AvgIpc) is 2.90. The fraction of sp³-hybridized carbons (Fsp3) is 0.154. The van der Waals surface area contributed by atoms with Gasteiger partial charge in [-0.3, -0.25) is 4.79 Å². The minimum Gasteiger partial charge on any atom is -0.438 e. The number of furan rings is 1. The highest BCUT2D eigenvalue weighted by atomic mass is 79.9. The minimum atomic E-state index is -3.93. The maximum absolute atomic E-state index is 11.8. The fourth-order valence-corrected chi connectivity index (χ4v) is 2.38. The summed E-state index contributed by atoms with van der Waals surface area (Å²) in [5.74, 6) is -0.572. The molecule has 0 saturated carbocycles. The SMILES string of the molecule is NS(=O)(=O)c1ccc(C(=O)NCCc2ccc(Br)cc2)o1. The Hall–Kier alpha value is -1.64. The number of primary sulfonamides is 1. The lowest BCUT2D eigenvalue weighted by Gasteiger charge is -2.03. The van der Waals surface area contributed by atoms with Crippen molar-refractivity contribution >= 4 is 31.9 Å². The van der Waals surface area contributed by atoms with Gasteiger partial charge < -0.3 is 9.73 Å². The van der Waals surface area contributed by atoms with Crippen LogP contribution in [0.4, 0.5) is 0 Å². The number of rotatable bonds is 5. The highest BCUT2D eigenvalue weighted by Crippen LogP contribution is 2.12. The number of nitrogens with two attached hydrogens (primary N) is 1. The summed E-state index contributed by atoms with van der Waals surface area (Å²) in [5, 5.41) is 7.12. The predicted octanol–water partition coefficient (Wildman–Crippen LogP) is 1.66. The van der Waals surface area contributed by atoms with Crippen LogP contribution in [0.1, 0.15) is 16.1 Å². The Kier molecular flexibility index (Phi) is 4.81. The molecule has 1 heterocycles. The van der Waals surface area contributed by atoms with Gasteiger partial charge in [0.25, 0.3) is 15.9 Å². The van der Waals surface area contributed by atoms with Crippen molar-refractivity contribution in [1.82, 2.24) is 5.32 Å². The van der Waals surface area contributed by atoms with Crippen molar-refractivity contribution in [2.75, 3.05) is 6.54 Å². The molecule has 0 radical (unpaired) electrons. The third kappa shape index (κ3) is 4.42. The molecule has 1 amide bonds. The number of amides is 1. The van der Waals surface area contributed by atoms with Gasteiger partial charge in [0, 0.05) is 11.0 Å². The van der Waals surface area contributed by atoms with Crippen LogP contribution in [0, 0.1) is 0 Å². The number of benzene rings is 1. The zero-order valence-corrected chi connectivity index (χ0v) is 13.3. The number of hydrogen-bond acceptors (Lipinski definition) is 4. The summed E-state index contributed by atoms with van der Waals surface area (Å²) in [6.07, 6.45) is 0.655. The number of carbonyl (C=O) groups is 1. The van der Waals surface area contributed by atoms with E-state index in [4.69, 9.17) is 9.56 Å². The Morgan fingerprint density at radius 1 is 1.19 bits per heavy atom. The summed E-state index contributed by atoms with van der Waals surface area (Å²) in [4.78, 5) is 11.8. The van der Waals surface area contributed by atoms with Gasteiger partial charge in [0.15, 0.2) is 5.76 Å². The molecule has 0 bridgehead atoms. The quantitative estimate of drug-likeness (QED) is 0.832. The lowest BCUT2D eigenvalue weighted by Crippen LogP contribution is -2.25. The summed E-state index contributed by atoms with van der Waals surface area (Å²) in [6, 6.07) is 10.2. The van der Waals surface area contributed by atoms with Crippen molar-refractivity contribution in [2.45, 2.75) is 11.5 Å². The Morgan fingerprint density at radius 2 is 1.86 bits per heavy atom. The van der Waals surface area contributed by atoms with Crippen LogP contribution < -0.4 is 10.5 Å². The molecule has 3 N–H and O–H groups in total. The molecular formula is C13H13BrN2O4S. The molecule has 2 aromatic rings. The van der Waals surface area contributed by atoms with Gasteiger partial charge in [-0.05, 0) is 36.2 Å². The van der Waals surface area contributed by atoms with Crippen molar-refractivity contribution in [3.05, 3.63) is 52.2 Å². The Labute approximate surface area is 130 Å². The first-order chi connectivity index (χ1) is 9.86. The van der Waals surface area contributed by atoms with Crippen molar-refractivity contribution in [3.63, 3.8) is 0 Å². The van der Waals surface area contributed by atoms with E-state index in [9.17, 15) is 13.2 Å². The molecule has 1 aromatic carbocycles. The molecule has 21 heavy (non-hydrogen) atoms. The van der Waals surface area contributed by atoms with E-state index in [1.54, 1.807) is 0 Å². The Bertz CT molecular complexity index is 738. The summed E-state index contributed by atoms with van der Waals surface area (Å²) in [5.41, 5.74) is 1.07. The van der Waals surface area contributed by atoms with Crippen molar-refractivity contribution in [1.29, 1.82) is 0 Å². The first kappa shape index (κ1) is 15.7. The highest BCUT2D eigenvalue weighted by molar-refractivity contribution is 9.10. The normalized spacial score (nSPS) is 11.3. The zero-order valence-electron chi connectivity index (χ0n) is 10.9. The Balaban J connectivity index is 1.90. The van der Waals surface area contributed by atoms with E-state index < -0.39 is 21.0 Å². The van der Waals surface area contributed by atoms with Gasteiger partial charge in [-0.15, -0.1) is 0 Å². The number of hydrogen-bond donors (Lipinski definition) is 2. The van der Waals surface area contributed by atoms with E-state index in [-0.39, 0.29) is 5.76 Å². The molecule has 2 rings (SSSR count). The van der Waals surface area contributed by atoms with Gasteiger partial charge >= 0.3 is 0 Å². The lowest BCUT2D eigenvalue weighted by atomic mass is 10.1. The maximum Gasteiger partial charge on any atom is 0.287 e. The van der Waals surface area contributed by atoms with E-state index in [2.05, 4.69) is 21.2 Å². The number of halogens is 1. The van der Waals surface area contributed by atoms with Crippen molar-refractivity contribution in [3.8, 4) is 0 Å². The van der Waals surface area contributed by atoms with Gasteiger partial charge in [-0.2, -0.15) is 0 Å². The van der Waals surface area contributed by atoms with Gasteiger partial charge in [-0.1, -0.05) is 28.1 Å². The number of carbonyl (C=O) groups excluding carboxylic acids is 1. The lowest BCUT2D eigenvalue weighted by molar-refractivity contribution is 0.0921. The first-order valence-corrected chi connectivity index (χ1v) is 8.35. The molecule has 8 heteroatoms. The second-order valence-corrected chi connectivity index (χ2v) is 6.70. The molecule has 0 aliphatic carbocycles. The smallest absolute Gasteiger partial charge is 0.287 e. The predicted molar refractivity (Wildman–Crippen MR) is 80.3 cm³/mol. The van der Waals surface area contributed by atoms with Crippen molar-refractivity contribution in [2.24, 2.45) is 5.14 Å². The monoisotopic (exact) mass is 372 g/mol. The van der Waals surface area contributed by atoms with Crippen LogP contribution in [-0.4, -0.2) is 20.9 Å². The van der Waals surface area contributed by atoms with E-state index >= 15 is 0 Å². The van der Waals surface area contributed by atoms with Crippen LogP contribution in [0.3, 0.4) is 0 Å². The van der Waals surface area contributed by atoms with Crippen LogP contribution in [0.25, 0.3) is 0 Å². The molecule has 0 atom stereocenters. The molecule has 0 aliphatic heterocycles. The van der Waals surface area contributed by atoms with E-state index in [0.29, 0.717) is 13.0 Å². The third-order valence-electron chi connectivity index (χ3n) is 2.70. The molecule has 0 aliphatic rings. The van der Waals surface area contributed by atoms with E-state index in [1.807, 2.05) is 24.3 Å². The number of nitrogens with one attached hydrogen (secondary N) is 1. The molecule has 0 fully saturated rings. The first-order valence-electron chi connectivity index (χ1n) is 6.01. The largest absolute Gasteiger partial charge is 0.438 e. The highest BCUT2D eigenvalue weighted by Gasteiger charge is 2.17. The van der Waals surface area contributed by atoms with Gasteiger partial charge in [0.1, 0.15) is 0 Å². The van der Waals surface area contributed by atoms with Crippen LogP contribution in [0.2, 0.25) is 0 Å². The van der Waals surface area contributed by atoms with Crippen LogP contribution in [0.15, 0.2) is 50.4 Å². The van der Waals surface area contributed by atoms with E-state index in [1.165, 1.54) is 6.07 Å². The minimum absolute atomic E-state index is 0.0881. The maximum atomic E-state index is 11.8. The molecule has 6 nitrogen and oxygen atoms in total. The standard InChI is InChI=1S/C13H13BrN2O4S/c14-10-3-1-9(2-4-10)7-8-16-13(17)11-5-6-12(20-11)21(15,18)19/h1-6H,7-8H2,(H,16,17)(H2,15,18,19). The topological polar surface area (TPSA) is 102 Å². The third-order valence-corrected chi connectivity index (χ3v) is 4.01. The Morgan fingerprint density at radius 3 is 2.43 bits per heavy atom. The van der Waals surface area contributed by atoms with Gasteiger partial charge in [0.05, 0.1) is 0 Å². The van der Waals surface area contributed by atoms with E-state index in [0.717, 1.165) is 16.1 Å². The van der Waals surface area contributed by atoms with Gasteiger partial charge in [0.2, 0.25) is 5.09 Å². The summed E-state index contributed by atoms with van der Waals surface area (Å²) in [6.45, 7) is 0.409. The molecule has 112 valence electrons. The molecule has 0 unspecified atom stereocenters. The molecule has 0 spiro atoms. The number of sulfonamides is 1. The molecular weight excluding hydrogens is 360 g/mol. The molecule has 0 saturated heterocycles. The van der Waals surface area contributed by atoms with Crippen LogP contribution in [-0.2, 0) is 16.4 Å². The zero-order chi connectivity index (χ0) is 15.5. The summed E-state index contributed by atoms with van der Waals surface area (Å²) < 4.78 is 28.0.